The molecule has 90 valence electrons. The molecule has 0 radical (unpaired) electrons. The minimum Gasteiger partial charge on any atom is -0.478 e. The molecule has 1 fully saturated rings. The molecule has 5 nitrogen and oxygen atoms in total. The first-order valence-electron chi connectivity index (χ1n) is 5.37. The van der Waals surface area contributed by atoms with Gasteiger partial charge in [0.25, 0.3) is 0 Å². The summed E-state index contributed by atoms with van der Waals surface area (Å²) in [5, 5.41) is 14.5. The van der Waals surface area contributed by atoms with Crippen molar-refractivity contribution in [3.8, 4) is 0 Å². The highest BCUT2D eigenvalue weighted by Gasteiger charge is 2.34. The molecule has 5 heteroatoms. The number of carboxylic acid groups (broad SMARTS) is 1. The average molecular weight is 234 g/mol. The lowest BCUT2D eigenvalue weighted by Crippen LogP contribution is -2.56. The summed E-state index contributed by atoms with van der Waals surface area (Å²) in [6.07, 6.45) is 0. The van der Waals surface area contributed by atoms with Crippen LogP contribution in [-0.4, -0.2) is 30.2 Å². The Morgan fingerprint density at radius 3 is 2.47 bits per heavy atom. The third-order valence-electron chi connectivity index (χ3n) is 3.09. The molecule has 0 atom stereocenters. The Hall–Kier alpha value is -2.04. The summed E-state index contributed by atoms with van der Waals surface area (Å²) in [5.74, 6) is -0.946. The second-order valence-electron chi connectivity index (χ2n) is 4.45. The van der Waals surface area contributed by atoms with Crippen molar-refractivity contribution in [3.63, 3.8) is 0 Å². The lowest BCUT2D eigenvalue weighted by molar-refractivity contribution is 0.0693. The van der Waals surface area contributed by atoms with E-state index < -0.39 is 11.4 Å². The van der Waals surface area contributed by atoms with E-state index in [1.54, 1.807) is 18.2 Å². The molecule has 17 heavy (non-hydrogen) atoms. The zero-order valence-corrected chi connectivity index (χ0v) is 9.49. The summed E-state index contributed by atoms with van der Waals surface area (Å²) < 4.78 is 0. The summed E-state index contributed by atoms with van der Waals surface area (Å²) >= 11 is 0. The largest absolute Gasteiger partial charge is 0.478 e. The second-order valence-corrected chi connectivity index (χ2v) is 4.45. The van der Waals surface area contributed by atoms with Gasteiger partial charge in [0.1, 0.15) is 0 Å². The molecule has 1 aliphatic heterocycles. The second kappa shape index (κ2) is 4.08. The van der Waals surface area contributed by atoms with Crippen LogP contribution >= 0.6 is 0 Å². The summed E-state index contributed by atoms with van der Waals surface area (Å²) in [6, 6.07) is 6.67. The summed E-state index contributed by atoms with van der Waals surface area (Å²) in [4.78, 5) is 22.2. The van der Waals surface area contributed by atoms with Gasteiger partial charge in [-0.25, -0.2) is 9.59 Å². The molecule has 0 saturated carbocycles. The minimum absolute atomic E-state index is 0.213. The molecule has 1 aromatic rings. The maximum atomic E-state index is 11.2. The monoisotopic (exact) mass is 234 g/mol. The SMILES string of the molecule is CC1(c2ccccc2C(=O)O)CNC(=O)NC1. The number of amides is 2. The lowest BCUT2D eigenvalue weighted by atomic mass is 9.79. The van der Waals surface area contributed by atoms with E-state index >= 15 is 0 Å². The quantitative estimate of drug-likeness (QED) is 0.713. The molecule has 0 spiro atoms. The van der Waals surface area contributed by atoms with Gasteiger partial charge in [-0.2, -0.15) is 0 Å². The molecule has 0 bridgehead atoms. The van der Waals surface area contributed by atoms with Gasteiger partial charge in [-0.05, 0) is 11.6 Å². The maximum absolute atomic E-state index is 11.2. The van der Waals surface area contributed by atoms with Crippen LogP contribution in [0.2, 0.25) is 0 Å². The summed E-state index contributed by atoms with van der Waals surface area (Å²) in [6.45, 7) is 2.80. The number of rotatable bonds is 2. The van der Waals surface area contributed by atoms with E-state index in [9.17, 15) is 9.59 Å². The Labute approximate surface area is 98.8 Å². The van der Waals surface area contributed by atoms with Crippen molar-refractivity contribution in [1.29, 1.82) is 0 Å². The highest BCUT2D eigenvalue weighted by Crippen LogP contribution is 2.27. The van der Waals surface area contributed by atoms with Crippen LogP contribution in [0, 0.1) is 0 Å². The number of carboxylic acids is 1. The van der Waals surface area contributed by atoms with Crippen LogP contribution in [0.3, 0.4) is 0 Å². The normalized spacial score (nSPS) is 18.1. The van der Waals surface area contributed by atoms with Gasteiger partial charge in [0.05, 0.1) is 5.56 Å². The van der Waals surface area contributed by atoms with Crippen molar-refractivity contribution < 1.29 is 14.7 Å². The van der Waals surface area contributed by atoms with Gasteiger partial charge in [-0.1, -0.05) is 25.1 Å². The zero-order valence-electron chi connectivity index (χ0n) is 9.49. The van der Waals surface area contributed by atoms with Gasteiger partial charge in [-0.3, -0.25) is 0 Å². The molecule has 2 amide bonds. The Bertz CT molecular complexity index is 461. The fourth-order valence-corrected chi connectivity index (χ4v) is 2.06. The Morgan fingerprint density at radius 1 is 1.29 bits per heavy atom. The van der Waals surface area contributed by atoms with Crippen molar-refractivity contribution in [2.75, 3.05) is 13.1 Å². The molecule has 2 rings (SSSR count). The molecule has 0 unspecified atom stereocenters. The first kappa shape index (κ1) is 11.4. The van der Waals surface area contributed by atoms with Gasteiger partial charge < -0.3 is 15.7 Å². The van der Waals surface area contributed by atoms with E-state index in [0.29, 0.717) is 13.1 Å². The fraction of sp³-hybridized carbons (Fsp3) is 0.333. The topological polar surface area (TPSA) is 78.4 Å². The van der Waals surface area contributed by atoms with Crippen LogP contribution in [0.4, 0.5) is 4.79 Å². The standard InChI is InChI=1S/C12H14N2O3/c1-12(6-13-11(17)14-7-12)9-5-3-2-4-8(9)10(15)16/h2-5H,6-7H2,1H3,(H,15,16)(H2,13,14,17). The highest BCUT2D eigenvalue weighted by molar-refractivity contribution is 5.90. The predicted molar refractivity (Wildman–Crippen MR) is 62.2 cm³/mol. The van der Waals surface area contributed by atoms with Gasteiger partial charge in [0.15, 0.2) is 0 Å². The van der Waals surface area contributed by atoms with E-state index in [0.717, 1.165) is 5.56 Å². The van der Waals surface area contributed by atoms with Gasteiger partial charge in [0.2, 0.25) is 0 Å². The van der Waals surface area contributed by atoms with Crippen molar-refractivity contribution in [2.45, 2.75) is 12.3 Å². The van der Waals surface area contributed by atoms with Crippen LogP contribution in [0.25, 0.3) is 0 Å². The molecule has 3 N–H and O–H groups in total. The zero-order chi connectivity index (χ0) is 12.5. The molecular weight excluding hydrogens is 220 g/mol. The van der Waals surface area contributed by atoms with E-state index in [1.807, 2.05) is 13.0 Å². The third-order valence-corrected chi connectivity index (χ3v) is 3.09. The Morgan fingerprint density at radius 2 is 1.88 bits per heavy atom. The van der Waals surface area contributed by atoms with Crippen LogP contribution in [-0.2, 0) is 5.41 Å². The van der Waals surface area contributed by atoms with Gasteiger partial charge in [0, 0.05) is 18.5 Å². The first-order valence-corrected chi connectivity index (χ1v) is 5.37. The molecule has 1 saturated heterocycles. The van der Waals surface area contributed by atoms with E-state index in [-0.39, 0.29) is 11.6 Å². The highest BCUT2D eigenvalue weighted by atomic mass is 16.4. The predicted octanol–water partition coefficient (Wildman–Crippen LogP) is 0.955. The number of nitrogens with one attached hydrogen (secondary N) is 2. The molecule has 0 aliphatic carbocycles. The van der Waals surface area contributed by atoms with Crippen LogP contribution in [0.1, 0.15) is 22.8 Å². The number of aromatic carboxylic acids is 1. The molecule has 1 heterocycles. The van der Waals surface area contributed by atoms with E-state index in [4.69, 9.17) is 5.11 Å². The molecule has 0 aromatic heterocycles. The number of urea groups is 1. The first-order chi connectivity index (χ1) is 8.03. The van der Waals surface area contributed by atoms with Gasteiger partial charge >= 0.3 is 12.0 Å². The number of carbonyl (C=O) groups excluding carboxylic acids is 1. The van der Waals surface area contributed by atoms with Crippen LogP contribution in [0.5, 0.6) is 0 Å². The van der Waals surface area contributed by atoms with E-state index in [2.05, 4.69) is 10.6 Å². The maximum Gasteiger partial charge on any atom is 0.335 e. The number of hydrogen-bond acceptors (Lipinski definition) is 2. The number of carbonyl (C=O) groups is 2. The lowest BCUT2D eigenvalue weighted by Gasteiger charge is -2.35. The van der Waals surface area contributed by atoms with Gasteiger partial charge in [-0.15, -0.1) is 0 Å². The van der Waals surface area contributed by atoms with Crippen LogP contribution in [0.15, 0.2) is 24.3 Å². The Kier molecular flexibility index (Phi) is 2.75. The van der Waals surface area contributed by atoms with Crippen molar-refractivity contribution in [1.82, 2.24) is 10.6 Å². The smallest absolute Gasteiger partial charge is 0.335 e. The molecule has 1 aliphatic rings. The fourth-order valence-electron chi connectivity index (χ4n) is 2.06. The van der Waals surface area contributed by atoms with Crippen molar-refractivity contribution in [3.05, 3.63) is 35.4 Å². The number of benzene rings is 1. The molecular formula is C12H14N2O3. The molecule has 1 aromatic carbocycles. The summed E-state index contributed by atoms with van der Waals surface area (Å²) in [5.41, 5.74) is 0.621. The van der Waals surface area contributed by atoms with Crippen molar-refractivity contribution in [2.24, 2.45) is 0 Å². The minimum atomic E-state index is -0.946. The average Bonchev–Trinajstić information content (AvgIpc) is 2.33. The van der Waals surface area contributed by atoms with Crippen LogP contribution < -0.4 is 10.6 Å². The van der Waals surface area contributed by atoms with E-state index in [1.165, 1.54) is 0 Å². The third kappa shape index (κ3) is 2.08. The summed E-state index contributed by atoms with van der Waals surface area (Å²) in [7, 11) is 0. The Balaban J connectivity index is 2.39. The number of hydrogen-bond donors (Lipinski definition) is 3. The van der Waals surface area contributed by atoms with Crippen molar-refractivity contribution >= 4 is 12.0 Å².